The standard InChI is InChI=1S/C20H19FN6O3/c1-11(24-20(29)17-7-13(4-5-28)22-10-23-17)18-8-16(27-30-18)19-25-14-3-2-12(9-21)6-15(14)26-19/h2-3,6-8,10-11,28H,4-5,9H2,1H3,(H,24,29)(H,25,26)/t11-/m0/s1. The zero-order valence-electron chi connectivity index (χ0n) is 16.1. The van der Waals surface area contributed by atoms with E-state index in [-0.39, 0.29) is 12.3 Å². The molecule has 3 aromatic heterocycles. The van der Waals surface area contributed by atoms with E-state index in [4.69, 9.17) is 9.63 Å². The van der Waals surface area contributed by atoms with Crippen LogP contribution in [0.1, 0.15) is 40.5 Å². The van der Waals surface area contributed by atoms with Crippen molar-refractivity contribution in [2.24, 2.45) is 0 Å². The van der Waals surface area contributed by atoms with Crippen LogP contribution in [-0.2, 0) is 13.1 Å². The van der Waals surface area contributed by atoms with E-state index in [1.165, 1.54) is 12.4 Å². The predicted octanol–water partition coefficient (Wildman–Crippen LogP) is 2.50. The molecule has 9 nitrogen and oxygen atoms in total. The minimum atomic E-state index is -0.552. The van der Waals surface area contributed by atoms with Crippen LogP contribution in [0.3, 0.4) is 0 Å². The lowest BCUT2D eigenvalue weighted by Gasteiger charge is -2.10. The molecule has 1 aromatic carbocycles. The van der Waals surface area contributed by atoms with Gasteiger partial charge in [-0.1, -0.05) is 11.2 Å². The summed E-state index contributed by atoms with van der Waals surface area (Å²) in [5.41, 5.74) is 3.19. The lowest BCUT2D eigenvalue weighted by molar-refractivity contribution is 0.0928. The Morgan fingerprint density at radius 3 is 2.97 bits per heavy atom. The van der Waals surface area contributed by atoms with Gasteiger partial charge in [0.25, 0.3) is 5.91 Å². The number of aliphatic hydroxyl groups is 1. The first-order valence-electron chi connectivity index (χ1n) is 9.31. The van der Waals surface area contributed by atoms with Crippen LogP contribution in [0, 0.1) is 0 Å². The Morgan fingerprint density at radius 2 is 2.17 bits per heavy atom. The first-order valence-corrected chi connectivity index (χ1v) is 9.31. The van der Waals surface area contributed by atoms with Crippen LogP contribution in [-0.4, -0.2) is 42.7 Å². The second kappa shape index (κ2) is 8.37. The minimum Gasteiger partial charge on any atom is -0.396 e. The van der Waals surface area contributed by atoms with E-state index < -0.39 is 18.6 Å². The third-order valence-electron chi connectivity index (χ3n) is 4.57. The Hall–Kier alpha value is -3.66. The number of amides is 1. The van der Waals surface area contributed by atoms with Gasteiger partial charge in [-0.25, -0.2) is 19.3 Å². The summed E-state index contributed by atoms with van der Waals surface area (Å²) in [6.07, 6.45) is 1.63. The summed E-state index contributed by atoms with van der Waals surface area (Å²) in [6.45, 7) is 1.14. The molecule has 0 saturated heterocycles. The summed E-state index contributed by atoms with van der Waals surface area (Å²) in [4.78, 5) is 28.0. The number of H-pyrrole nitrogens is 1. The number of hydrogen-bond acceptors (Lipinski definition) is 7. The summed E-state index contributed by atoms with van der Waals surface area (Å²) in [6, 6.07) is 7.85. The number of carbonyl (C=O) groups is 1. The zero-order chi connectivity index (χ0) is 21.1. The fourth-order valence-electron chi connectivity index (χ4n) is 2.98. The lowest BCUT2D eigenvalue weighted by atomic mass is 10.2. The van der Waals surface area contributed by atoms with Crippen LogP contribution in [0.4, 0.5) is 4.39 Å². The number of aromatic amines is 1. The van der Waals surface area contributed by atoms with Crippen molar-refractivity contribution in [2.45, 2.75) is 26.1 Å². The topological polar surface area (TPSA) is 130 Å². The molecule has 4 aromatic rings. The molecule has 1 atom stereocenters. The first kappa shape index (κ1) is 19.6. The van der Waals surface area contributed by atoms with Gasteiger partial charge in [0, 0.05) is 24.8 Å². The van der Waals surface area contributed by atoms with Crippen LogP contribution in [0.25, 0.3) is 22.6 Å². The summed E-state index contributed by atoms with van der Waals surface area (Å²) in [5.74, 6) is 0.524. The van der Waals surface area contributed by atoms with Gasteiger partial charge in [-0.2, -0.15) is 0 Å². The SMILES string of the molecule is C[C@H](NC(=O)c1cc(CCO)ncn1)c1cc(-c2nc3ccc(CF)cc3[nH]2)no1. The fraction of sp³-hybridized carbons (Fsp3) is 0.250. The lowest BCUT2D eigenvalue weighted by Crippen LogP contribution is -2.27. The van der Waals surface area contributed by atoms with Crippen molar-refractivity contribution in [3.63, 3.8) is 0 Å². The number of benzene rings is 1. The van der Waals surface area contributed by atoms with Gasteiger partial charge in [0.15, 0.2) is 11.6 Å². The molecule has 154 valence electrons. The molecule has 0 bridgehead atoms. The van der Waals surface area contributed by atoms with Gasteiger partial charge in [-0.3, -0.25) is 4.79 Å². The number of nitrogens with one attached hydrogen (secondary N) is 2. The number of rotatable bonds is 7. The first-order chi connectivity index (χ1) is 14.6. The fourth-order valence-corrected chi connectivity index (χ4v) is 2.98. The van der Waals surface area contributed by atoms with Gasteiger partial charge in [0.05, 0.1) is 17.1 Å². The predicted molar refractivity (Wildman–Crippen MR) is 105 cm³/mol. The van der Waals surface area contributed by atoms with Gasteiger partial charge in [-0.05, 0) is 30.7 Å². The number of imidazole rings is 1. The molecule has 0 radical (unpaired) electrons. The smallest absolute Gasteiger partial charge is 0.270 e. The normalized spacial score (nSPS) is 12.2. The van der Waals surface area contributed by atoms with Crippen molar-refractivity contribution in [3.05, 3.63) is 59.4 Å². The Labute approximate surface area is 170 Å². The highest BCUT2D eigenvalue weighted by atomic mass is 19.1. The second-order valence-corrected chi connectivity index (χ2v) is 6.75. The van der Waals surface area contributed by atoms with Crippen LogP contribution in [0.15, 0.2) is 41.2 Å². The summed E-state index contributed by atoms with van der Waals surface area (Å²) in [7, 11) is 0. The van der Waals surface area contributed by atoms with Crippen LogP contribution >= 0.6 is 0 Å². The number of alkyl halides is 1. The third-order valence-corrected chi connectivity index (χ3v) is 4.57. The van der Waals surface area contributed by atoms with E-state index in [9.17, 15) is 9.18 Å². The number of nitrogens with zero attached hydrogens (tertiary/aromatic N) is 4. The highest BCUT2D eigenvalue weighted by molar-refractivity contribution is 5.92. The molecule has 10 heteroatoms. The van der Waals surface area contributed by atoms with Crippen molar-refractivity contribution in [1.82, 2.24) is 30.4 Å². The zero-order valence-corrected chi connectivity index (χ0v) is 16.1. The largest absolute Gasteiger partial charge is 0.396 e. The van der Waals surface area contributed by atoms with Crippen molar-refractivity contribution in [3.8, 4) is 11.5 Å². The molecule has 0 unspecified atom stereocenters. The molecule has 0 aliphatic carbocycles. The van der Waals surface area contributed by atoms with E-state index in [0.717, 1.165) is 0 Å². The Balaban J connectivity index is 1.49. The molecule has 30 heavy (non-hydrogen) atoms. The molecule has 1 amide bonds. The minimum absolute atomic E-state index is 0.0633. The number of fused-ring (bicyclic) bond motifs is 1. The molecular formula is C20H19FN6O3. The van der Waals surface area contributed by atoms with Gasteiger partial charge < -0.3 is 19.9 Å². The van der Waals surface area contributed by atoms with E-state index in [1.807, 2.05) is 0 Å². The average molecular weight is 410 g/mol. The monoisotopic (exact) mass is 410 g/mol. The number of aromatic nitrogens is 5. The molecule has 4 rings (SSSR count). The van der Waals surface area contributed by atoms with E-state index in [2.05, 4.69) is 30.4 Å². The number of halogens is 1. The molecule has 0 aliphatic heterocycles. The molecule has 3 N–H and O–H groups in total. The summed E-state index contributed by atoms with van der Waals surface area (Å²) in [5, 5.41) is 15.8. The molecule has 0 aliphatic rings. The van der Waals surface area contributed by atoms with E-state index in [0.29, 0.717) is 46.0 Å². The van der Waals surface area contributed by atoms with Crippen LogP contribution in [0.2, 0.25) is 0 Å². The highest BCUT2D eigenvalue weighted by Crippen LogP contribution is 2.24. The second-order valence-electron chi connectivity index (χ2n) is 6.75. The van der Waals surface area contributed by atoms with Gasteiger partial charge in [0.2, 0.25) is 0 Å². The number of carbonyl (C=O) groups excluding carboxylic acids is 1. The number of aliphatic hydroxyl groups excluding tert-OH is 1. The average Bonchev–Trinajstić information content (AvgIpc) is 3.40. The van der Waals surface area contributed by atoms with Gasteiger partial charge in [0.1, 0.15) is 24.4 Å². The van der Waals surface area contributed by atoms with E-state index in [1.54, 1.807) is 31.2 Å². The van der Waals surface area contributed by atoms with Crippen molar-refractivity contribution in [1.29, 1.82) is 0 Å². The maximum atomic E-state index is 12.8. The maximum Gasteiger partial charge on any atom is 0.270 e. The van der Waals surface area contributed by atoms with Crippen LogP contribution in [0.5, 0.6) is 0 Å². The van der Waals surface area contributed by atoms with E-state index >= 15 is 0 Å². The Bertz CT molecular complexity index is 1190. The summed E-state index contributed by atoms with van der Waals surface area (Å²) < 4.78 is 18.2. The van der Waals surface area contributed by atoms with Gasteiger partial charge in [-0.15, -0.1) is 0 Å². The van der Waals surface area contributed by atoms with Gasteiger partial charge >= 0.3 is 0 Å². The Kier molecular flexibility index (Phi) is 5.48. The molecular weight excluding hydrogens is 391 g/mol. The quantitative estimate of drug-likeness (QED) is 0.427. The van der Waals surface area contributed by atoms with Crippen molar-refractivity contribution in [2.75, 3.05) is 6.61 Å². The third kappa shape index (κ3) is 4.03. The molecule has 0 fully saturated rings. The molecule has 0 saturated carbocycles. The summed E-state index contributed by atoms with van der Waals surface area (Å²) >= 11 is 0. The molecule has 0 spiro atoms. The maximum absolute atomic E-state index is 12.8. The van der Waals surface area contributed by atoms with Crippen molar-refractivity contribution < 1.29 is 18.8 Å². The number of hydrogen-bond donors (Lipinski definition) is 3. The highest BCUT2D eigenvalue weighted by Gasteiger charge is 2.19. The van der Waals surface area contributed by atoms with Crippen LogP contribution < -0.4 is 5.32 Å². The Morgan fingerprint density at radius 1 is 1.30 bits per heavy atom. The van der Waals surface area contributed by atoms with Crippen molar-refractivity contribution >= 4 is 16.9 Å². The molecule has 3 heterocycles.